The highest BCUT2D eigenvalue weighted by atomic mass is 16.2. The Balaban J connectivity index is 1.98. The van der Waals surface area contributed by atoms with Gasteiger partial charge in [0.1, 0.15) is 0 Å². The van der Waals surface area contributed by atoms with Crippen LogP contribution >= 0.6 is 0 Å². The van der Waals surface area contributed by atoms with E-state index in [0.717, 1.165) is 30.6 Å². The highest BCUT2D eigenvalue weighted by Crippen LogP contribution is 2.27. The molecule has 1 fully saturated rings. The Kier molecular flexibility index (Phi) is 4.39. The van der Waals surface area contributed by atoms with Gasteiger partial charge in [-0.1, -0.05) is 12.1 Å². The number of rotatable bonds is 4. The Morgan fingerprint density at radius 1 is 1.35 bits per heavy atom. The van der Waals surface area contributed by atoms with E-state index < -0.39 is 0 Å². The Labute approximate surface area is 118 Å². The third kappa shape index (κ3) is 3.57. The van der Waals surface area contributed by atoms with Gasteiger partial charge in [-0.15, -0.1) is 0 Å². The number of hydrogen-bond acceptors (Lipinski definition) is 3. The number of hydrogen-bond donors (Lipinski definition) is 3. The van der Waals surface area contributed by atoms with E-state index in [-0.39, 0.29) is 23.7 Å². The van der Waals surface area contributed by atoms with Crippen LogP contribution in [-0.4, -0.2) is 24.9 Å². The molecule has 0 spiro atoms. The van der Waals surface area contributed by atoms with E-state index >= 15 is 0 Å². The monoisotopic (exact) mass is 275 g/mol. The zero-order chi connectivity index (χ0) is 14.6. The minimum atomic E-state index is -0.359. The third-order valence-corrected chi connectivity index (χ3v) is 3.74. The number of carbonyl (C=O) groups excluding carboxylic acids is 2. The number of primary amides is 1. The summed E-state index contributed by atoms with van der Waals surface area (Å²) in [5, 5.41) is 6.20. The second kappa shape index (κ2) is 6.05. The average molecular weight is 275 g/mol. The van der Waals surface area contributed by atoms with Crippen LogP contribution in [-0.2, 0) is 16.0 Å². The number of anilines is 1. The van der Waals surface area contributed by atoms with E-state index in [0.29, 0.717) is 6.54 Å². The number of nitrogens with two attached hydrogens (primary N) is 1. The normalized spacial score (nSPS) is 22.2. The van der Waals surface area contributed by atoms with Crippen molar-refractivity contribution < 1.29 is 9.59 Å². The van der Waals surface area contributed by atoms with Crippen molar-refractivity contribution in [3.63, 3.8) is 0 Å². The largest absolute Gasteiger partial charge is 0.369 e. The summed E-state index contributed by atoms with van der Waals surface area (Å²) in [6, 6.07) is 7.22. The molecule has 0 saturated carbocycles. The zero-order valence-corrected chi connectivity index (χ0v) is 11.7. The van der Waals surface area contributed by atoms with E-state index in [1.54, 1.807) is 12.1 Å². The molecule has 0 aromatic heterocycles. The highest BCUT2D eigenvalue weighted by Gasteiger charge is 2.34. The van der Waals surface area contributed by atoms with Crippen LogP contribution in [0.3, 0.4) is 0 Å². The van der Waals surface area contributed by atoms with Gasteiger partial charge < -0.3 is 16.4 Å². The van der Waals surface area contributed by atoms with Crippen molar-refractivity contribution in [3.05, 3.63) is 29.8 Å². The summed E-state index contributed by atoms with van der Waals surface area (Å²) < 4.78 is 0. The van der Waals surface area contributed by atoms with Crippen LogP contribution in [0.5, 0.6) is 0 Å². The van der Waals surface area contributed by atoms with Gasteiger partial charge in [-0.25, -0.2) is 0 Å². The van der Waals surface area contributed by atoms with E-state index in [4.69, 9.17) is 5.73 Å². The van der Waals surface area contributed by atoms with Gasteiger partial charge in [0.2, 0.25) is 11.8 Å². The molecule has 1 unspecified atom stereocenters. The van der Waals surface area contributed by atoms with E-state index in [1.807, 2.05) is 19.1 Å². The molecule has 0 bridgehead atoms. The van der Waals surface area contributed by atoms with E-state index in [1.165, 1.54) is 0 Å². The van der Waals surface area contributed by atoms with Crippen molar-refractivity contribution in [3.8, 4) is 0 Å². The molecule has 1 aromatic rings. The van der Waals surface area contributed by atoms with Crippen molar-refractivity contribution in [2.24, 2.45) is 11.1 Å². The van der Waals surface area contributed by atoms with Crippen LogP contribution in [0.1, 0.15) is 25.3 Å². The fourth-order valence-corrected chi connectivity index (χ4v) is 2.44. The fourth-order valence-electron chi connectivity index (χ4n) is 2.44. The lowest BCUT2D eigenvalue weighted by molar-refractivity contribution is -0.125. The quantitative estimate of drug-likeness (QED) is 0.767. The topological polar surface area (TPSA) is 84.2 Å². The maximum Gasteiger partial charge on any atom is 0.231 e. The molecular weight excluding hydrogens is 254 g/mol. The Morgan fingerprint density at radius 3 is 2.60 bits per heavy atom. The van der Waals surface area contributed by atoms with Gasteiger partial charge in [-0.2, -0.15) is 0 Å². The van der Waals surface area contributed by atoms with Crippen LogP contribution < -0.4 is 16.4 Å². The first-order valence-electron chi connectivity index (χ1n) is 6.89. The summed E-state index contributed by atoms with van der Waals surface area (Å²) in [7, 11) is 0. The molecule has 5 heteroatoms. The standard InChI is InChI=1S/C15H21N3O2/c1-15(7-2-8-17-10-15)14(20)18-12-5-3-11(4-6-12)9-13(16)19/h3-6,17H,2,7-10H2,1H3,(H2,16,19)(H,18,20). The first kappa shape index (κ1) is 14.5. The molecule has 2 rings (SSSR count). The molecule has 1 aliphatic rings. The maximum absolute atomic E-state index is 12.3. The molecule has 1 saturated heterocycles. The van der Waals surface area contributed by atoms with Gasteiger partial charge in [-0.3, -0.25) is 9.59 Å². The second-order valence-electron chi connectivity index (χ2n) is 5.64. The average Bonchev–Trinajstić information content (AvgIpc) is 2.41. The molecule has 1 atom stereocenters. The minimum Gasteiger partial charge on any atom is -0.369 e. The summed E-state index contributed by atoms with van der Waals surface area (Å²) in [4.78, 5) is 23.2. The predicted molar refractivity (Wildman–Crippen MR) is 78.2 cm³/mol. The van der Waals surface area contributed by atoms with Gasteiger partial charge in [0.25, 0.3) is 0 Å². The Morgan fingerprint density at radius 2 is 2.05 bits per heavy atom. The van der Waals surface area contributed by atoms with Gasteiger partial charge in [0.15, 0.2) is 0 Å². The lowest BCUT2D eigenvalue weighted by Crippen LogP contribution is -2.46. The summed E-state index contributed by atoms with van der Waals surface area (Å²) >= 11 is 0. The molecule has 20 heavy (non-hydrogen) atoms. The number of benzene rings is 1. The van der Waals surface area contributed by atoms with Crippen molar-refractivity contribution in [1.29, 1.82) is 0 Å². The number of piperidine rings is 1. The molecule has 1 aliphatic heterocycles. The van der Waals surface area contributed by atoms with Crippen molar-refractivity contribution >= 4 is 17.5 Å². The molecule has 1 heterocycles. The lowest BCUT2D eigenvalue weighted by Gasteiger charge is -2.32. The minimum absolute atomic E-state index is 0.0346. The molecule has 5 nitrogen and oxygen atoms in total. The molecule has 108 valence electrons. The molecule has 0 aliphatic carbocycles. The number of nitrogens with one attached hydrogen (secondary N) is 2. The molecule has 0 radical (unpaired) electrons. The number of amides is 2. The molecule has 4 N–H and O–H groups in total. The van der Waals surface area contributed by atoms with Gasteiger partial charge in [0, 0.05) is 12.2 Å². The lowest BCUT2D eigenvalue weighted by atomic mass is 9.82. The summed E-state index contributed by atoms with van der Waals surface area (Å²) in [5.41, 5.74) is 6.38. The molecule has 1 aromatic carbocycles. The third-order valence-electron chi connectivity index (χ3n) is 3.74. The Hall–Kier alpha value is -1.88. The van der Waals surface area contributed by atoms with Gasteiger partial charge in [-0.05, 0) is 44.0 Å². The van der Waals surface area contributed by atoms with Crippen molar-refractivity contribution in [1.82, 2.24) is 5.32 Å². The smallest absolute Gasteiger partial charge is 0.231 e. The summed E-state index contributed by atoms with van der Waals surface area (Å²) in [6.07, 6.45) is 2.13. The van der Waals surface area contributed by atoms with Gasteiger partial charge in [0.05, 0.1) is 11.8 Å². The van der Waals surface area contributed by atoms with E-state index in [9.17, 15) is 9.59 Å². The van der Waals surface area contributed by atoms with Gasteiger partial charge >= 0.3 is 0 Å². The number of carbonyl (C=O) groups is 2. The predicted octanol–water partition coefficient (Wildman–Crippen LogP) is 1.04. The second-order valence-corrected chi connectivity index (χ2v) is 5.64. The fraction of sp³-hybridized carbons (Fsp3) is 0.467. The van der Waals surface area contributed by atoms with Crippen molar-refractivity contribution in [2.75, 3.05) is 18.4 Å². The van der Waals surface area contributed by atoms with Crippen LogP contribution in [0.25, 0.3) is 0 Å². The van der Waals surface area contributed by atoms with Crippen LogP contribution in [0.2, 0.25) is 0 Å². The van der Waals surface area contributed by atoms with Crippen LogP contribution in [0.4, 0.5) is 5.69 Å². The summed E-state index contributed by atoms with van der Waals surface area (Å²) in [5.74, 6) is -0.324. The van der Waals surface area contributed by atoms with Crippen molar-refractivity contribution in [2.45, 2.75) is 26.2 Å². The van der Waals surface area contributed by atoms with Crippen LogP contribution in [0.15, 0.2) is 24.3 Å². The van der Waals surface area contributed by atoms with Crippen LogP contribution in [0, 0.1) is 5.41 Å². The molecule has 2 amide bonds. The SMILES string of the molecule is CC1(C(=O)Nc2ccc(CC(N)=O)cc2)CCCNC1. The first-order chi connectivity index (χ1) is 9.49. The zero-order valence-electron chi connectivity index (χ0n) is 11.7. The highest BCUT2D eigenvalue weighted by molar-refractivity contribution is 5.95. The maximum atomic E-state index is 12.3. The summed E-state index contributed by atoms with van der Waals surface area (Å²) in [6.45, 7) is 3.67. The first-order valence-corrected chi connectivity index (χ1v) is 6.89. The Bertz CT molecular complexity index is 490. The van der Waals surface area contributed by atoms with E-state index in [2.05, 4.69) is 10.6 Å². The molecular formula is C15H21N3O2.